The molecule has 1 heterocycles. The van der Waals surface area contributed by atoms with Crippen molar-refractivity contribution in [1.29, 1.82) is 0 Å². The molecule has 3 rings (SSSR count). The lowest BCUT2D eigenvalue weighted by atomic mass is 10.1. The number of nitrogens with zero attached hydrogens (tertiary/aromatic N) is 1. The number of ether oxygens (including phenoxy) is 1. The largest absolute Gasteiger partial charge is 0.481 e. The second kappa shape index (κ2) is 5.60. The van der Waals surface area contributed by atoms with Gasteiger partial charge in [0.2, 0.25) is 0 Å². The van der Waals surface area contributed by atoms with Crippen LogP contribution in [0.5, 0.6) is 5.75 Å². The summed E-state index contributed by atoms with van der Waals surface area (Å²) in [5.74, 6) is 0.731. The van der Waals surface area contributed by atoms with Crippen LogP contribution in [0.1, 0.15) is 19.4 Å². The second-order valence-corrected chi connectivity index (χ2v) is 5.46. The van der Waals surface area contributed by atoms with Gasteiger partial charge in [-0.1, -0.05) is 36.4 Å². The fourth-order valence-corrected chi connectivity index (χ4v) is 2.85. The minimum Gasteiger partial charge on any atom is -0.481 e. The van der Waals surface area contributed by atoms with E-state index in [2.05, 4.69) is 13.0 Å². The van der Waals surface area contributed by atoms with Crippen LogP contribution >= 0.6 is 0 Å². The van der Waals surface area contributed by atoms with Crippen molar-refractivity contribution >= 4 is 11.6 Å². The molecule has 2 aromatic carbocycles. The number of carbonyl (C=O) groups excluding carboxylic acids is 1. The van der Waals surface area contributed by atoms with Crippen LogP contribution in [-0.2, 0) is 11.2 Å². The lowest BCUT2D eigenvalue weighted by molar-refractivity contribution is -0.124. The molecule has 1 aliphatic rings. The van der Waals surface area contributed by atoms with Gasteiger partial charge in [-0.3, -0.25) is 4.79 Å². The summed E-state index contributed by atoms with van der Waals surface area (Å²) in [4.78, 5) is 14.6. The van der Waals surface area contributed by atoms with Gasteiger partial charge >= 0.3 is 0 Å². The monoisotopic (exact) mass is 281 g/mol. The quantitative estimate of drug-likeness (QED) is 0.862. The molecule has 0 aliphatic carbocycles. The first-order valence-corrected chi connectivity index (χ1v) is 7.29. The third kappa shape index (κ3) is 2.64. The van der Waals surface area contributed by atoms with Crippen LogP contribution in [-0.4, -0.2) is 18.1 Å². The Labute approximate surface area is 125 Å². The molecule has 21 heavy (non-hydrogen) atoms. The molecule has 0 unspecified atom stereocenters. The van der Waals surface area contributed by atoms with Crippen molar-refractivity contribution in [3.63, 3.8) is 0 Å². The van der Waals surface area contributed by atoms with Crippen LogP contribution in [0.15, 0.2) is 54.6 Å². The number of rotatable bonds is 3. The minimum atomic E-state index is -0.499. The van der Waals surface area contributed by atoms with Gasteiger partial charge in [0.1, 0.15) is 5.75 Å². The van der Waals surface area contributed by atoms with Gasteiger partial charge in [0.15, 0.2) is 6.10 Å². The topological polar surface area (TPSA) is 29.5 Å². The van der Waals surface area contributed by atoms with E-state index in [1.807, 2.05) is 60.4 Å². The Hall–Kier alpha value is -2.29. The molecule has 1 aliphatic heterocycles. The van der Waals surface area contributed by atoms with Crippen molar-refractivity contribution in [1.82, 2.24) is 0 Å². The third-order valence-electron chi connectivity index (χ3n) is 3.85. The van der Waals surface area contributed by atoms with Gasteiger partial charge < -0.3 is 9.64 Å². The number of benzene rings is 2. The van der Waals surface area contributed by atoms with Crippen molar-refractivity contribution in [2.24, 2.45) is 0 Å². The lowest BCUT2D eigenvalue weighted by Crippen LogP contribution is -2.43. The highest BCUT2D eigenvalue weighted by Crippen LogP contribution is 2.32. The lowest BCUT2D eigenvalue weighted by Gasteiger charge is -2.26. The first-order valence-electron chi connectivity index (χ1n) is 7.29. The highest BCUT2D eigenvalue weighted by molar-refractivity contribution is 5.99. The van der Waals surface area contributed by atoms with E-state index in [9.17, 15) is 4.79 Å². The predicted molar refractivity (Wildman–Crippen MR) is 83.6 cm³/mol. The molecule has 0 radical (unpaired) electrons. The van der Waals surface area contributed by atoms with Gasteiger partial charge in [0.05, 0.1) is 0 Å². The van der Waals surface area contributed by atoms with Crippen molar-refractivity contribution < 1.29 is 9.53 Å². The number of fused-ring (bicyclic) bond motifs is 1. The number of anilines is 1. The van der Waals surface area contributed by atoms with Crippen LogP contribution < -0.4 is 9.64 Å². The summed E-state index contributed by atoms with van der Waals surface area (Å²) in [6.45, 7) is 3.89. The molecule has 0 fully saturated rings. The second-order valence-electron chi connectivity index (χ2n) is 5.46. The Morgan fingerprint density at radius 1 is 1.14 bits per heavy atom. The van der Waals surface area contributed by atoms with Crippen LogP contribution in [0.4, 0.5) is 5.69 Å². The Morgan fingerprint density at radius 3 is 2.57 bits per heavy atom. The normalized spacial score (nSPS) is 18.2. The average Bonchev–Trinajstić information content (AvgIpc) is 2.83. The van der Waals surface area contributed by atoms with Crippen molar-refractivity contribution in [2.45, 2.75) is 32.4 Å². The van der Waals surface area contributed by atoms with Crippen molar-refractivity contribution in [3.8, 4) is 5.75 Å². The van der Waals surface area contributed by atoms with E-state index in [1.54, 1.807) is 0 Å². The molecule has 0 saturated carbocycles. The maximum Gasteiger partial charge on any atom is 0.268 e. The SMILES string of the molecule is C[C@H](Oc1ccccc1)C(=O)N1c2ccccc2C[C@@H]1C. The average molecular weight is 281 g/mol. The summed E-state index contributed by atoms with van der Waals surface area (Å²) in [7, 11) is 0. The Bertz CT molecular complexity index is 639. The van der Waals surface area contributed by atoms with Gasteiger partial charge in [-0.2, -0.15) is 0 Å². The number of amides is 1. The van der Waals surface area contributed by atoms with Gasteiger partial charge in [-0.15, -0.1) is 0 Å². The standard InChI is InChI=1S/C18H19NO2/c1-13-12-15-8-6-7-11-17(15)19(13)18(20)14(2)21-16-9-4-3-5-10-16/h3-11,13-14H,12H2,1-2H3/t13-,14-/m0/s1. The van der Waals surface area contributed by atoms with E-state index in [1.165, 1.54) is 5.56 Å². The summed E-state index contributed by atoms with van der Waals surface area (Å²) in [5, 5.41) is 0. The third-order valence-corrected chi connectivity index (χ3v) is 3.85. The number of para-hydroxylation sites is 2. The smallest absolute Gasteiger partial charge is 0.268 e. The number of hydrogen-bond acceptors (Lipinski definition) is 2. The van der Waals surface area contributed by atoms with E-state index in [4.69, 9.17) is 4.74 Å². The molecule has 0 saturated heterocycles. The summed E-state index contributed by atoms with van der Waals surface area (Å²) < 4.78 is 5.76. The highest BCUT2D eigenvalue weighted by atomic mass is 16.5. The zero-order chi connectivity index (χ0) is 14.8. The van der Waals surface area contributed by atoms with Crippen LogP contribution in [0.2, 0.25) is 0 Å². The molecule has 0 N–H and O–H groups in total. The van der Waals surface area contributed by atoms with Crippen molar-refractivity contribution in [3.05, 3.63) is 60.2 Å². The molecular formula is C18H19NO2. The zero-order valence-electron chi connectivity index (χ0n) is 12.3. The molecule has 2 atom stereocenters. The summed E-state index contributed by atoms with van der Waals surface area (Å²) in [6.07, 6.45) is 0.404. The molecule has 2 aromatic rings. The zero-order valence-corrected chi connectivity index (χ0v) is 12.3. The molecule has 3 heteroatoms. The van der Waals surface area contributed by atoms with Crippen LogP contribution in [0.3, 0.4) is 0 Å². The Kier molecular flexibility index (Phi) is 3.65. The predicted octanol–water partition coefficient (Wildman–Crippen LogP) is 3.43. The van der Waals surface area contributed by atoms with E-state index >= 15 is 0 Å². The summed E-state index contributed by atoms with van der Waals surface area (Å²) in [5.41, 5.74) is 2.24. The molecular weight excluding hydrogens is 262 g/mol. The van der Waals surface area contributed by atoms with Crippen LogP contribution in [0, 0.1) is 0 Å². The van der Waals surface area contributed by atoms with Gasteiger partial charge in [-0.05, 0) is 44.0 Å². The van der Waals surface area contributed by atoms with E-state index in [-0.39, 0.29) is 11.9 Å². The highest BCUT2D eigenvalue weighted by Gasteiger charge is 2.33. The van der Waals surface area contributed by atoms with E-state index < -0.39 is 6.10 Å². The maximum atomic E-state index is 12.7. The molecule has 3 nitrogen and oxygen atoms in total. The molecule has 0 bridgehead atoms. The summed E-state index contributed by atoms with van der Waals surface area (Å²) in [6, 6.07) is 17.7. The summed E-state index contributed by atoms with van der Waals surface area (Å²) >= 11 is 0. The van der Waals surface area contributed by atoms with Gasteiger partial charge in [0.25, 0.3) is 5.91 Å². The molecule has 1 amide bonds. The molecule has 0 spiro atoms. The van der Waals surface area contributed by atoms with Crippen LogP contribution in [0.25, 0.3) is 0 Å². The fourth-order valence-electron chi connectivity index (χ4n) is 2.85. The van der Waals surface area contributed by atoms with E-state index in [0.29, 0.717) is 0 Å². The Morgan fingerprint density at radius 2 is 1.81 bits per heavy atom. The van der Waals surface area contributed by atoms with Gasteiger partial charge in [0, 0.05) is 11.7 Å². The number of carbonyl (C=O) groups is 1. The molecule has 108 valence electrons. The minimum absolute atomic E-state index is 0.0105. The van der Waals surface area contributed by atoms with E-state index in [0.717, 1.165) is 17.9 Å². The van der Waals surface area contributed by atoms with Crippen molar-refractivity contribution in [2.75, 3.05) is 4.90 Å². The number of hydrogen-bond donors (Lipinski definition) is 0. The Balaban J connectivity index is 1.79. The first kappa shape index (κ1) is 13.7. The maximum absolute atomic E-state index is 12.7. The van der Waals surface area contributed by atoms with Gasteiger partial charge in [-0.25, -0.2) is 0 Å². The fraction of sp³-hybridized carbons (Fsp3) is 0.278. The molecule has 0 aromatic heterocycles. The first-order chi connectivity index (χ1) is 10.2.